The average Bonchev–Trinajstić information content (AvgIpc) is 3.28. The Bertz CT molecular complexity index is 818. The van der Waals surface area contributed by atoms with Gasteiger partial charge in [-0.2, -0.15) is 0 Å². The molecule has 3 rings (SSSR count). The van der Waals surface area contributed by atoms with Crippen LogP contribution in [0.25, 0.3) is 0 Å². The second kappa shape index (κ2) is 10.2. The maximum absolute atomic E-state index is 12.7. The van der Waals surface area contributed by atoms with Crippen LogP contribution in [0.15, 0.2) is 42.5 Å². The van der Waals surface area contributed by atoms with Crippen LogP contribution in [0.1, 0.15) is 30.0 Å². The minimum absolute atomic E-state index is 0.0383. The summed E-state index contributed by atoms with van der Waals surface area (Å²) in [5.41, 5.74) is 1.97. The van der Waals surface area contributed by atoms with Gasteiger partial charge in [-0.3, -0.25) is 9.69 Å². The number of methoxy groups -OCH3 is 3. The van der Waals surface area contributed by atoms with Crippen molar-refractivity contribution in [2.75, 3.05) is 41.0 Å². The summed E-state index contributed by atoms with van der Waals surface area (Å²) in [5, 5.41) is 3.12. The van der Waals surface area contributed by atoms with Crippen LogP contribution in [0.5, 0.6) is 17.2 Å². The Hall–Kier alpha value is -2.73. The number of benzene rings is 2. The van der Waals surface area contributed by atoms with Gasteiger partial charge < -0.3 is 19.5 Å². The smallest absolute Gasteiger partial charge is 0.224 e. The molecule has 0 aromatic heterocycles. The number of hydrogen-bond acceptors (Lipinski definition) is 5. The predicted molar refractivity (Wildman–Crippen MR) is 113 cm³/mol. The van der Waals surface area contributed by atoms with Crippen molar-refractivity contribution in [3.63, 3.8) is 0 Å². The van der Waals surface area contributed by atoms with Gasteiger partial charge in [0.05, 0.1) is 33.8 Å². The molecular formula is C23H30N2O4. The van der Waals surface area contributed by atoms with E-state index in [-0.39, 0.29) is 18.4 Å². The van der Waals surface area contributed by atoms with E-state index in [1.54, 1.807) is 21.3 Å². The predicted octanol–water partition coefficient (Wildman–Crippen LogP) is 3.21. The van der Waals surface area contributed by atoms with Crippen LogP contribution in [0.2, 0.25) is 0 Å². The highest BCUT2D eigenvalue weighted by Gasteiger charge is 2.24. The molecule has 1 aliphatic heterocycles. The van der Waals surface area contributed by atoms with Crippen LogP contribution in [0.3, 0.4) is 0 Å². The van der Waals surface area contributed by atoms with Crippen molar-refractivity contribution in [2.24, 2.45) is 0 Å². The molecule has 6 heteroatoms. The van der Waals surface area contributed by atoms with Gasteiger partial charge in [0.2, 0.25) is 5.91 Å². The van der Waals surface area contributed by atoms with Gasteiger partial charge in [-0.15, -0.1) is 0 Å². The summed E-state index contributed by atoms with van der Waals surface area (Å²) >= 11 is 0. The molecule has 2 aromatic rings. The SMILES string of the molecule is COc1cccc(C(CNC(=O)Cc2cc(OC)ccc2OC)N2CCCC2)c1. The van der Waals surface area contributed by atoms with E-state index in [9.17, 15) is 4.79 Å². The molecule has 1 aliphatic rings. The Morgan fingerprint density at radius 3 is 2.41 bits per heavy atom. The Labute approximate surface area is 172 Å². The van der Waals surface area contributed by atoms with Crippen molar-refractivity contribution in [3.05, 3.63) is 53.6 Å². The third-order valence-corrected chi connectivity index (χ3v) is 5.39. The van der Waals surface area contributed by atoms with E-state index in [2.05, 4.69) is 22.3 Å². The second-order valence-corrected chi connectivity index (χ2v) is 7.19. The van der Waals surface area contributed by atoms with Gasteiger partial charge >= 0.3 is 0 Å². The number of ether oxygens (including phenoxy) is 3. The Balaban J connectivity index is 1.70. The second-order valence-electron chi connectivity index (χ2n) is 7.19. The molecule has 2 aromatic carbocycles. The van der Waals surface area contributed by atoms with Crippen molar-refractivity contribution >= 4 is 5.91 Å². The maximum Gasteiger partial charge on any atom is 0.224 e. The van der Waals surface area contributed by atoms with Gasteiger partial charge in [-0.25, -0.2) is 0 Å². The topological polar surface area (TPSA) is 60.0 Å². The lowest BCUT2D eigenvalue weighted by Crippen LogP contribution is -2.37. The molecule has 1 saturated heterocycles. The largest absolute Gasteiger partial charge is 0.497 e. The number of carbonyl (C=O) groups excluding carboxylic acids is 1. The third kappa shape index (κ3) is 5.41. The van der Waals surface area contributed by atoms with Gasteiger partial charge in [-0.1, -0.05) is 12.1 Å². The van der Waals surface area contributed by atoms with Crippen molar-refractivity contribution in [3.8, 4) is 17.2 Å². The van der Waals surface area contributed by atoms with E-state index in [1.165, 1.54) is 12.8 Å². The number of likely N-dealkylation sites (tertiary alicyclic amines) is 1. The van der Waals surface area contributed by atoms with Crippen molar-refractivity contribution < 1.29 is 19.0 Å². The molecule has 1 fully saturated rings. The lowest BCUT2D eigenvalue weighted by molar-refractivity contribution is -0.120. The average molecular weight is 399 g/mol. The van der Waals surface area contributed by atoms with E-state index in [0.717, 1.165) is 30.0 Å². The van der Waals surface area contributed by atoms with Gasteiger partial charge in [0, 0.05) is 12.1 Å². The molecule has 29 heavy (non-hydrogen) atoms. The van der Waals surface area contributed by atoms with Gasteiger partial charge in [-0.05, 0) is 61.8 Å². The zero-order valence-corrected chi connectivity index (χ0v) is 17.4. The van der Waals surface area contributed by atoms with E-state index < -0.39 is 0 Å². The van der Waals surface area contributed by atoms with Crippen molar-refractivity contribution in [1.82, 2.24) is 10.2 Å². The molecule has 0 saturated carbocycles. The van der Waals surface area contributed by atoms with Gasteiger partial charge in [0.25, 0.3) is 0 Å². The van der Waals surface area contributed by atoms with Crippen LogP contribution < -0.4 is 19.5 Å². The van der Waals surface area contributed by atoms with Gasteiger partial charge in [0.1, 0.15) is 17.2 Å². The summed E-state index contributed by atoms with van der Waals surface area (Å²) in [4.78, 5) is 15.1. The summed E-state index contributed by atoms with van der Waals surface area (Å²) in [5.74, 6) is 2.19. The Morgan fingerprint density at radius 1 is 1.00 bits per heavy atom. The Kier molecular flexibility index (Phi) is 7.36. The number of hydrogen-bond donors (Lipinski definition) is 1. The van der Waals surface area contributed by atoms with E-state index in [0.29, 0.717) is 18.0 Å². The van der Waals surface area contributed by atoms with Crippen molar-refractivity contribution in [2.45, 2.75) is 25.3 Å². The summed E-state index contributed by atoms with van der Waals surface area (Å²) < 4.78 is 16.1. The summed E-state index contributed by atoms with van der Waals surface area (Å²) in [6.07, 6.45) is 2.62. The van der Waals surface area contributed by atoms with Gasteiger partial charge in [0.15, 0.2) is 0 Å². The van der Waals surface area contributed by atoms with Crippen LogP contribution in [-0.4, -0.2) is 51.8 Å². The molecule has 0 spiro atoms. The van der Waals surface area contributed by atoms with Crippen LogP contribution in [0, 0.1) is 0 Å². The zero-order valence-electron chi connectivity index (χ0n) is 17.4. The number of carbonyl (C=O) groups is 1. The molecular weight excluding hydrogens is 368 g/mol. The molecule has 0 bridgehead atoms. The number of rotatable bonds is 9. The summed E-state index contributed by atoms with van der Waals surface area (Å²) in [7, 11) is 4.89. The van der Waals surface area contributed by atoms with Crippen LogP contribution >= 0.6 is 0 Å². The molecule has 1 N–H and O–H groups in total. The number of nitrogens with zero attached hydrogens (tertiary/aromatic N) is 1. The first kappa shape index (κ1) is 21.0. The minimum Gasteiger partial charge on any atom is -0.497 e. The van der Waals surface area contributed by atoms with E-state index in [4.69, 9.17) is 14.2 Å². The molecule has 156 valence electrons. The quantitative estimate of drug-likeness (QED) is 0.703. The maximum atomic E-state index is 12.7. The molecule has 0 radical (unpaired) electrons. The molecule has 6 nitrogen and oxygen atoms in total. The lowest BCUT2D eigenvalue weighted by atomic mass is 10.0. The molecule has 0 aliphatic carbocycles. The number of nitrogens with one attached hydrogen (secondary N) is 1. The van der Waals surface area contributed by atoms with E-state index >= 15 is 0 Å². The van der Waals surface area contributed by atoms with Crippen LogP contribution in [0.4, 0.5) is 0 Å². The fourth-order valence-electron chi connectivity index (χ4n) is 3.83. The normalized spacial score (nSPS) is 15.0. The minimum atomic E-state index is -0.0383. The first-order valence-corrected chi connectivity index (χ1v) is 10.00. The summed E-state index contributed by atoms with van der Waals surface area (Å²) in [6, 6.07) is 13.7. The molecule has 1 unspecified atom stereocenters. The van der Waals surface area contributed by atoms with Crippen LogP contribution in [-0.2, 0) is 11.2 Å². The monoisotopic (exact) mass is 398 g/mol. The zero-order chi connectivity index (χ0) is 20.6. The first-order chi connectivity index (χ1) is 14.1. The molecule has 1 atom stereocenters. The Morgan fingerprint density at radius 2 is 1.72 bits per heavy atom. The fraction of sp³-hybridized carbons (Fsp3) is 0.435. The standard InChI is InChI=1S/C23H30N2O4/c1-27-19-8-6-7-17(13-19)21(25-11-4-5-12-25)16-24-23(26)15-18-14-20(28-2)9-10-22(18)29-3/h6-10,13-14,21H,4-5,11-12,15-16H2,1-3H3,(H,24,26). The third-order valence-electron chi connectivity index (χ3n) is 5.39. The highest BCUT2D eigenvalue weighted by atomic mass is 16.5. The van der Waals surface area contributed by atoms with E-state index in [1.807, 2.05) is 30.3 Å². The fourth-order valence-corrected chi connectivity index (χ4v) is 3.83. The molecule has 1 heterocycles. The van der Waals surface area contributed by atoms with Crippen molar-refractivity contribution in [1.29, 1.82) is 0 Å². The molecule has 1 amide bonds. The summed E-state index contributed by atoms with van der Waals surface area (Å²) in [6.45, 7) is 2.64. The first-order valence-electron chi connectivity index (χ1n) is 10.00. The highest BCUT2D eigenvalue weighted by Crippen LogP contribution is 2.28. The highest BCUT2D eigenvalue weighted by molar-refractivity contribution is 5.79. The lowest BCUT2D eigenvalue weighted by Gasteiger charge is -2.28. The number of amides is 1.